The molecule has 0 N–H and O–H groups in total. The lowest BCUT2D eigenvalue weighted by Gasteiger charge is -2.07. The number of hydrogen-bond donors (Lipinski definition) is 0. The lowest BCUT2D eigenvalue weighted by molar-refractivity contribution is 0.304. The molecule has 1 aliphatic rings. The molecule has 0 aliphatic heterocycles. The quantitative estimate of drug-likeness (QED) is 0.618. The van der Waals surface area contributed by atoms with Gasteiger partial charge in [-0.1, -0.05) is 38.5 Å². The molecule has 3 heteroatoms. The van der Waals surface area contributed by atoms with Crippen LogP contribution in [0.15, 0.2) is 42.7 Å². The lowest BCUT2D eigenvalue weighted by Crippen LogP contribution is -1.97. The van der Waals surface area contributed by atoms with Crippen LogP contribution >= 0.6 is 0 Å². The van der Waals surface area contributed by atoms with Crippen molar-refractivity contribution in [2.75, 3.05) is 6.61 Å². The molecular weight excluding hydrogens is 272 g/mol. The van der Waals surface area contributed by atoms with Gasteiger partial charge in [0, 0.05) is 18.0 Å². The molecular formula is C19H24N2O. The van der Waals surface area contributed by atoms with Crippen molar-refractivity contribution in [1.29, 1.82) is 0 Å². The summed E-state index contributed by atoms with van der Waals surface area (Å²) >= 11 is 0. The number of ether oxygens (including phenoxy) is 1. The van der Waals surface area contributed by atoms with Gasteiger partial charge in [0.05, 0.1) is 6.61 Å². The van der Waals surface area contributed by atoms with E-state index in [1.54, 1.807) is 12.4 Å². The minimum absolute atomic E-state index is 0.754. The zero-order valence-electron chi connectivity index (χ0n) is 13.1. The van der Waals surface area contributed by atoms with Crippen molar-refractivity contribution in [2.45, 2.75) is 44.9 Å². The van der Waals surface area contributed by atoms with Gasteiger partial charge in [0.1, 0.15) is 5.75 Å². The number of unbranched alkanes of at least 4 members (excludes halogenated alkanes) is 3. The van der Waals surface area contributed by atoms with Crippen LogP contribution in [-0.4, -0.2) is 16.6 Å². The van der Waals surface area contributed by atoms with Gasteiger partial charge in [0.2, 0.25) is 0 Å². The van der Waals surface area contributed by atoms with Crippen LogP contribution in [0.2, 0.25) is 0 Å². The van der Waals surface area contributed by atoms with Crippen molar-refractivity contribution in [3.8, 4) is 17.1 Å². The molecule has 1 fully saturated rings. The molecule has 1 heterocycles. The van der Waals surface area contributed by atoms with Crippen molar-refractivity contribution < 1.29 is 4.74 Å². The second-order valence-corrected chi connectivity index (χ2v) is 6.09. The summed E-state index contributed by atoms with van der Waals surface area (Å²) in [5.74, 6) is 2.76. The van der Waals surface area contributed by atoms with Crippen molar-refractivity contribution >= 4 is 0 Å². The molecule has 1 aliphatic carbocycles. The number of rotatable bonds is 9. The molecule has 1 aromatic heterocycles. The Morgan fingerprint density at radius 2 is 1.64 bits per heavy atom. The molecule has 1 saturated carbocycles. The average Bonchev–Trinajstić information content (AvgIpc) is 3.40. The predicted molar refractivity (Wildman–Crippen MR) is 88.8 cm³/mol. The summed E-state index contributed by atoms with van der Waals surface area (Å²) in [5, 5.41) is 0. The molecule has 0 bridgehead atoms. The first kappa shape index (κ1) is 15.0. The average molecular weight is 296 g/mol. The third kappa shape index (κ3) is 4.83. The van der Waals surface area contributed by atoms with Gasteiger partial charge in [0.15, 0.2) is 5.82 Å². The smallest absolute Gasteiger partial charge is 0.159 e. The van der Waals surface area contributed by atoms with Crippen molar-refractivity contribution in [3.05, 3.63) is 42.7 Å². The van der Waals surface area contributed by atoms with E-state index in [9.17, 15) is 0 Å². The van der Waals surface area contributed by atoms with Gasteiger partial charge >= 0.3 is 0 Å². The van der Waals surface area contributed by atoms with E-state index in [0.29, 0.717) is 0 Å². The van der Waals surface area contributed by atoms with E-state index >= 15 is 0 Å². The second kappa shape index (κ2) is 7.92. The van der Waals surface area contributed by atoms with Crippen molar-refractivity contribution in [2.24, 2.45) is 5.92 Å². The predicted octanol–water partition coefficient (Wildman–Crippen LogP) is 4.88. The van der Waals surface area contributed by atoms with Crippen molar-refractivity contribution in [1.82, 2.24) is 9.97 Å². The van der Waals surface area contributed by atoms with Crippen LogP contribution in [-0.2, 0) is 0 Å². The lowest BCUT2D eigenvalue weighted by atomic mass is 10.1. The monoisotopic (exact) mass is 296 g/mol. The topological polar surface area (TPSA) is 35.0 Å². The molecule has 3 nitrogen and oxygen atoms in total. The van der Waals surface area contributed by atoms with Crippen LogP contribution in [0.1, 0.15) is 44.9 Å². The van der Waals surface area contributed by atoms with Gasteiger partial charge < -0.3 is 4.74 Å². The highest BCUT2D eigenvalue weighted by Crippen LogP contribution is 2.34. The first-order valence-electron chi connectivity index (χ1n) is 8.42. The molecule has 3 rings (SSSR count). The maximum atomic E-state index is 5.80. The molecule has 0 spiro atoms. The fourth-order valence-corrected chi connectivity index (χ4v) is 2.63. The fraction of sp³-hybridized carbons (Fsp3) is 0.474. The number of aromatic nitrogens is 2. The van der Waals surface area contributed by atoms with Gasteiger partial charge in [-0.3, -0.25) is 0 Å². The molecule has 116 valence electrons. The van der Waals surface area contributed by atoms with E-state index in [1.807, 2.05) is 30.3 Å². The summed E-state index contributed by atoms with van der Waals surface area (Å²) in [6, 6.07) is 9.85. The SMILES string of the molecule is c1cnc(-c2ccc(OCCCCCCC3CC3)cc2)nc1. The summed E-state index contributed by atoms with van der Waals surface area (Å²) < 4.78 is 5.80. The molecule has 0 saturated heterocycles. The number of hydrogen-bond acceptors (Lipinski definition) is 3. The highest BCUT2D eigenvalue weighted by Gasteiger charge is 2.19. The summed E-state index contributed by atoms with van der Waals surface area (Å²) in [6.07, 6.45) is 13.1. The largest absolute Gasteiger partial charge is 0.494 e. The molecule has 0 radical (unpaired) electrons. The summed E-state index contributed by atoms with van der Waals surface area (Å²) in [6.45, 7) is 0.810. The van der Waals surface area contributed by atoms with Gasteiger partial charge in [0.25, 0.3) is 0 Å². The Morgan fingerprint density at radius 1 is 0.909 bits per heavy atom. The van der Waals surface area contributed by atoms with E-state index in [2.05, 4.69) is 9.97 Å². The minimum atomic E-state index is 0.754. The van der Waals surface area contributed by atoms with Crippen LogP contribution in [0.25, 0.3) is 11.4 Å². The Labute approximate surface area is 132 Å². The van der Waals surface area contributed by atoms with Gasteiger partial charge in [-0.2, -0.15) is 0 Å². The first-order valence-corrected chi connectivity index (χ1v) is 8.42. The fourth-order valence-electron chi connectivity index (χ4n) is 2.63. The molecule has 0 unspecified atom stereocenters. The van der Waals surface area contributed by atoms with Crippen LogP contribution in [0, 0.1) is 5.92 Å². The Balaban J connectivity index is 1.34. The van der Waals surface area contributed by atoms with Crippen LogP contribution in [0.5, 0.6) is 5.75 Å². The van der Waals surface area contributed by atoms with E-state index in [1.165, 1.54) is 38.5 Å². The Hall–Kier alpha value is -1.90. The molecule has 22 heavy (non-hydrogen) atoms. The second-order valence-electron chi connectivity index (χ2n) is 6.09. The van der Waals surface area contributed by atoms with Crippen LogP contribution in [0.3, 0.4) is 0 Å². The third-order valence-electron chi connectivity index (χ3n) is 4.15. The van der Waals surface area contributed by atoms with E-state index in [0.717, 1.165) is 36.1 Å². The molecule has 0 atom stereocenters. The zero-order chi connectivity index (χ0) is 15.0. The van der Waals surface area contributed by atoms with Crippen molar-refractivity contribution in [3.63, 3.8) is 0 Å². The van der Waals surface area contributed by atoms with Gasteiger partial charge in [-0.15, -0.1) is 0 Å². The maximum absolute atomic E-state index is 5.80. The molecule has 1 aromatic carbocycles. The Morgan fingerprint density at radius 3 is 2.36 bits per heavy atom. The van der Waals surface area contributed by atoms with Crippen LogP contribution < -0.4 is 4.74 Å². The van der Waals surface area contributed by atoms with E-state index in [-0.39, 0.29) is 0 Å². The van der Waals surface area contributed by atoms with Crippen LogP contribution in [0.4, 0.5) is 0 Å². The third-order valence-corrected chi connectivity index (χ3v) is 4.15. The zero-order valence-corrected chi connectivity index (χ0v) is 13.1. The molecule has 0 amide bonds. The summed E-state index contributed by atoms with van der Waals surface area (Å²) in [5.41, 5.74) is 1.02. The number of benzene rings is 1. The normalized spacial score (nSPS) is 14.0. The summed E-state index contributed by atoms with van der Waals surface area (Å²) in [7, 11) is 0. The Bertz CT molecular complexity index is 549. The first-order chi connectivity index (χ1) is 10.9. The maximum Gasteiger partial charge on any atom is 0.159 e. The molecule has 2 aromatic rings. The highest BCUT2D eigenvalue weighted by atomic mass is 16.5. The highest BCUT2D eigenvalue weighted by molar-refractivity contribution is 5.55. The van der Waals surface area contributed by atoms with Gasteiger partial charge in [-0.25, -0.2) is 9.97 Å². The minimum Gasteiger partial charge on any atom is -0.494 e. The van der Waals surface area contributed by atoms with E-state index in [4.69, 9.17) is 4.74 Å². The Kier molecular flexibility index (Phi) is 5.41. The standard InChI is InChI=1S/C19H24N2O/c1(3-6-16-7-8-16)2-4-15-22-18-11-9-17(10-12-18)19-20-13-5-14-21-19/h5,9-14,16H,1-4,6-8,15H2. The van der Waals surface area contributed by atoms with Gasteiger partial charge in [-0.05, 0) is 42.7 Å². The van der Waals surface area contributed by atoms with E-state index < -0.39 is 0 Å². The number of nitrogens with zero attached hydrogens (tertiary/aromatic N) is 2. The summed E-state index contributed by atoms with van der Waals surface area (Å²) in [4.78, 5) is 8.49.